The topological polar surface area (TPSA) is 529 Å². The van der Waals surface area contributed by atoms with Gasteiger partial charge >= 0.3 is 5.97 Å². The fourth-order valence-electron chi connectivity index (χ4n) is 9.00. The van der Waals surface area contributed by atoms with Gasteiger partial charge in [-0.2, -0.15) is 0 Å². The number of nitrogens with one attached hydrogen (secondary N) is 10. The molecule has 0 saturated carbocycles. The van der Waals surface area contributed by atoms with Gasteiger partial charge in [-0.15, -0.1) is 0 Å². The van der Waals surface area contributed by atoms with Crippen molar-refractivity contribution in [2.45, 2.75) is 153 Å². The van der Waals surface area contributed by atoms with Crippen LogP contribution in [-0.4, -0.2) is 186 Å². The van der Waals surface area contributed by atoms with Gasteiger partial charge in [0, 0.05) is 31.0 Å². The van der Waals surface area contributed by atoms with Crippen molar-refractivity contribution in [2.75, 3.05) is 44.2 Å². The zero-order valence-electron chi connectivity index (χ0n) is 51.8. The lowest BCUT2D eigenvalue weighted by Crippen LogP contribution is -2.61. The van der Waals surface area contributed by atoms with Crippen LogP contribution in [0.2, 0.25) is 0 Å². The highest BCUT2D eigenvalue weighted by atomic mass is 33.1. The lowest BCUT2D eigenvalue weighted by Gasteiger charge is -2.29. The summed E-state index contributed by atoms with van der Waals surface area (Å²) in [5.74, 6) is -11.4. The molecule has 1 fully saturated rings. The molecule has 33 heteroatoms. The number of nitrogens with two attached hydrogens (primary N) is 6. The number of phenols is 1. The van der Waals surface area contributed by atoms with Crippen molar-refractivity contribution in [1.82, 2.24) is 53.2 Å². The van der Waals surface area contributed by atoms with Crippen LogP contribution in [0.4, 0.5) is 0 Å². The van der Waals surface area contributed by atoms with E-state index in [2.05, 4.69) is 63.2 Å². The van der Waals surface area contributed by atoms with Gasteiger partial charge in [0.1, 0.15) is 54.1 Å². The van der Waals surface area contributed by atoms with Crippen LogP contribution in [0, 0.1) is 11.8 Å². The number of aromatic hydroxyl groups is 1. The number of carbonyl (C=O) groups excluding carboxylic acids is 10. The van der Waals surface area contributed by atoms with Gasteiger partial charge in [-0.3, -0.25) is 57.9 Å². The summed E-state index contributed by atoms with van der Waals surface area (Å²) in [6.07, 6.45) is 1.27. The maximum Gasteiger partial charge on any atom is 0.326 e. The van der Waals surface area contributed by atoms with Crippen LogP contribution >= 0.6 is 21.6 Å². The average Bonchev–Trinajstić information content (AvgIpc) is 2.57. The summed E-state index contributed by atoms with van der Waals surface area (Å²) in [6.45, 7) is 6.15. The van der Waals surface area contributed by atoms with Gasteiger partial charge in [0.15, 0.2) is 11.9 Å². The zero-order chi connectivity index (χ0) is 67.6. The fourth-order valence-corrected chi connectivity index (χ4v) is 11.3. The molecule has 0 radical (unpaired) electrons. The second-order valence-corrected chi connectivity index (χ2v) is 24.8. The second kappa shape index (κ2) is 41.1. The molecule has 0 aliphatic carbocycles. The van der Waals surface area contributed by atoms with Crippen LogP contribution in [0.25, 0.3) is 0 Å². The first kappa shape index (κ1) is 76.8. The summed E-state index contributed by atoms with van der Waals surface area (Å²) >= 11 is 0. The van der Waals surface area contributed by atoms with Crippen LogP contribution in [-0.2, 0) is 65.6 Å². The van der Waals surface area contributed by atoms with E-state index in [4.69, 9.17) is 34.4 Å². The molecule has 0 aromatic heterocycles. The zero-order valence-corrected chi connectivity index (χ0v) is 53.5. The van der Waals surface area contributed by atoms with Crippen molar-refractivity contribution in [3.63, 3.8) is 0 Å². The van der Waals surface area contributed by atoms with Gasteiger partial charge in [0.2, 0.25) is 59.1 Å². The minimum absolute atomic E-state index is 0.00483. The first-order valence-electron chi connectivity index (χ1n) is 30.0. The summed E-state index contributed by atoms with van der Waals surface area (Å²) in [5, 5.41) is 45.8. The van der Waals surface area contributed by atoms with Crippen molar-refractivity contribution in [3.05, 3.63) is 65.7 Å². The van der Waals surface area contributed by atoms with Crippen LogP contribution in [0.3, 0.4) is 0 Å². The molecule has 1 aliphatic rings. The lowest BCUT2D eigenvalue weighted by atomic mass is 9.96. The number of guanidine groups is 2. The maximum absolute atomic E-state index is 14.8. The Morgan fingerprint density at radius 1 is 0.637 bits per heavy atom. The van der Waals surface area contributed by atoms with Gasteiger partial charge in [-0.25, -0.2) is 4.79 Å². The fraction of sp³-hybridized carbons (Fsp3) is 0.569. The Labute approximate surface area is 537 Å². The molecule has 1 heterocycles. The van der Waals surface area contributed by atoms with E-state index in [-0.39, 0.29) is 106 Å². The molecule has 3 rings (SSSR count). The molecule has 0 unspecified atom stereocenters. The maximum atomic E-state index is 14.8. The molecule has 31 nitrogen and oxygen atoms in total. The van der Waals surface area contributed by atoms with Crippen molar-refractivity contribution in [3.8, 4) is 5.75 Å². The number of phenolic OH excluding ortho intramolecular Hbond substituents is 1. The molecule has 0 bridgehead atoms. The smallest absolute Gasteiger partial charge is 0.326 e. The standard InChI is InChI=1S/C58H92N18O13S2/c1-5-33(4)47-55(87)71-38(16-11-23-65-57(61)62)49(81)74-44(54(86)72-40(56(88)89)15-9-10-22-59)31-91-90-30-43(53(85)70-39(50(82)76-47)17-12-24-66-58(63)64)75-51(83)41(25-32(2)3)73-52(84)42(27-34-13-7-6-8-14-34)69-46(79)29-67-45(78)28-68-48(80)37(60)26-35-18-20-36(77)21-19-35/h6-8,13-14,18-21,32-33,37-44,47,77H,5,9-12,15-17,22-31,59-60H2,1-4H3,(H,67,78)(H,68,80)(H,69,79)(H,70,85)(H,71,87)(H,72,86)(H,73,84)(H,74,81)(H,75,83)(H,76,82)(H,88,89)(H4,61,62,65)(H4,63,64,66)/t33-,37-,38-,39-,40-,41-,42-,43-,44-,47+/m0/s1. The van der Waals surface area contributed by atoms with E-state index in [1.165, 1.54) is 12.1 Å². The summed E-state index contributed by atoms with van der Waals surface area (Å²) in [4.78, 5) is 161. The normalized spacial score (nSPS) is 19.1. The molecule has 10 amide bonds. The Kier molecular flexibility index (Phi) is 34.7. The average molecular weight is 1310 g/mol. The molecule has 504 valence electrons. The largest absolute Gasteiger partial charge is 0.508 e. The molecular formula is C58H92N18O13S2. The van der Waals surface area contributed by atoms with Crippen LogP contribution < -0.4 is 87.6 Å². The molecule has 10 atom stereocenters. The van der Waals surface area contributed by atoms with Crippen LogP contribution in [0.5, 0.6) is 5.75 Å². The molecule has 1 saturated heterocycles. The van der Waals surface area contributed by atoms with E-state index in [1.54, 1.807) is 70.2 Å². The summed E-state index contributed by atoms with van der Waals surface area (Å²) in [7, 11) is 1.92. The summed E-state index contributed by atoms with van der Waals surface area (Å²) in [6, 6.07) is 2.43. The van der Waals surface area contributed by atoms with E-state index in [0.717, 1.165) is 21.6 Å². The van der Waals surface area contributed by atoms with Gasteiger partial charge < -0.3 is 97.8 Å². The molecule has 2 aromatic rings. The molecule has 1 aliphatic heterocycles. The van der Waals surface area contributed by atoms with E-state index in [0.29, 0.717) is 30.4 Å². The minimum Gasteiger partial charge on any atom is -0.508 e. The number of unbranched alkanes of at least 4 members (excludes halogenated alkanes) is 1. The van der Waals surface area contributed by atoms with Crippen LogP contribution in [0.15, 0.2) is 64.6 Å². The highest BCUT2D eigenvalue weighted by Gasteiger charge is 2.37. The van der Waals surface area contributed by atoms with Gasteiger partial charge in [-0.05, 0) is 99.4 Å². The van der Waals surface area contributed by atoms with E-state index in [1.807, 2.05) is 0 Å². The first-order chi connectivity index (χ1) is 43.2. The van der Waals surface area contributed by atoms with Crippen molar-refractivity contribution >= 4 is 98.5 Å². The Hall–Kier alpha value is -8.43. The Bertz CT molecular complexity index is 2790. The highest BCUT2D eigenvalue weighted by molar-refractivity contribution is 8.76. The van der Waals surface area contributed by atoms with Gasteiger partial charge in [-0.1, -0.05) is 98.2 Å². The Morgan fingerprint density at radius 3 is 1.80 bits per heavy atom. The van der Waals surface area contributed by atoms with E-state index < -0.39 is 138 Å². The molecular weight excluding hydrogens is 1220 g/mol. The summed E-state index contributed by atoms with van der Waals surface area (Å²) < 4.78 is 0. The number of rotatable bonds is 33. The van der Waals surface area contributed by atoms with Crippen molar-refractivity contribution in [2.24, 2.45) is 56.2 Å². The number of hydrogen-bond acceptors (Lipinski definition) is 18. The number of carbonyl (C=O) groups is 11. The lowest BCUT2D eigenvalue weighted by molar-refractivity contribution is -0.142. The molecule has 0 spiro atoms. The second-order valence-electron chi connectivity index (χ2n) is 22.2. The number of carboxylic acid groups (broad SMARTS) is 1. The number of aliphatic imine (C=N–C) groups is 2. The monoisotopic (exact) mass is 1310 g/mol. The number of carboxylic acids is 1. The van der Waals surface area contributed by atoms with Gasteiger partial charge in [0.05, 0.1) is 19.1 Å². The number of benzene rings is 2. The van der Waals surface area contributed by atoms with Crippen molar-refractivity contribution in [1.29, 1.82) is 0 Å². The molecule has 2 aromatic carbocycles. The molecule has 24 N–H and O–H groups in total. The third kappa shape index (κ3) is 29.8. The van der Waals surface area contributed by atoms with E-state index >= 15 is 0 Å². The highest BCUT2D eigenvalue weighted by Crippen LogP contribution is 2.24. The minimum atomic E-state index is -1.52. The van der Waals surface area contributed by atoms with Crippen LogP contribution in [0.1, 0.15) is 96.6 Å². The Balaban J connectivity index is 2.02. The number of amides is 10. The predicted octanol–water partition coefficient (Wildman–Crippen LogP) is -3.58. The number of nitrogens with zero attached hydrogens (tertiary/aromatic N) is 2. The summed E-state index contributed by atoms with van der Waals surface area (Å²) in [5.41, 5.74) is 35.2. The van der Waals surface area contributed by atoms with Gasteiger partial charge in [0.25, 0.3) is 0 Å². The third-order valence-electron chi connectivity index (χ3n) is 14.2. The third-order valence-corrected chi connectivity index (χ3v) is 16.6. The molecule has 91 heavy (non-hydrogen) atoms. The SMILES string of the molecule is CC[C@H](C)[C@H]1NC(=O)[C@H](CCCN=C(N)N)NC(=O)[C@@H](NC(=O)[C@H](CC(C)C)NC(=O)[C@H](Cc2ccccc2)NC(=O)CNC(=O)CNC(=O)[C@@H](N)Cc2ccc(O)cc2)CSSC[C@@H](C(=O)N[C@@H](CCCCN)C(=O)O)NC(=O)[C@H](CCCN=C(N)N)NC1=O. The number of hydrogen-bond donors (Lipinski definition) is 18. The predicted molar refractivity (Wildman–Crippen MR) is 346 cm³/mol. The first-order valence-corrected chi connectivity index (χ1v) is 32.5. The quantitative estimate of drug-likeness (QED) is 0.0142. The Morgan fingerprint density at radius 2 is 1.22 bits per heavy atom. The van der Waals surface area contributed by atoms with Crippen molar-refractivity contribution < 1.29 is 63.0 Å². The van der Waals surface area contributed by atoms with E-state index in [9.17, 15) is 63.0 Å². The number of aliphatic carboxylic acids is 1.